The molecule has 1 unspecified atom stereocenters. The Balaban J connectivity index is 0. The predicted octanol–water partition coefficient (Wildman–Crippen LogP) is 0.918. The van der Waals surface area contributed by atoms with Crippen molar-refractivity contribution in [2.75, 3.05) is 13.2 Å². The van der Waals surface area contributed by atoms with E-state index in [0.717, 1.165) is 6.42 Å². The molecule has 0 heterocycles. The third-order valence-corrected chi connectivity index (χ3v) is 1.69. The highest BCUT2D eigenvalue weighted by atomic mass is 16.3. The van der Waals surface area contributed by atoms with E-state index in [0.29, 0.717) is 12.3 Å². The summed E-state index contributed by atoms with van der Waals surface area (Å²) in [4.78, 5) is 11.1. The lowest BCUT2D eigenvalue weighted by Gasteiger charge is -2.09. The molecule has 0 bridgehead atoms. The Labute approximate surface area is 92.7 Å². The Morgan fingerprint density at radius 1 is 1.33 bits per heavy atom. The van der Waals surface area contributed by atoms with E-state index in [1.165, 1.54) is 0 Å². The molecular formula is C11H25NO3. The quantitative estimate of drug-likeness (QED) is 0.622. The van der Waals surface area contributed by atoms with E-state index in [-0.39, 0.29) is 19.1 Å². The van der Waals surface area contributed by atoms with Crippen LogP contribution in [0.2, 0.25) is 0 Å². The van der Waals surface area contributed by atoms with Crippen LogP contribution in [0, 0.1) is 5.92 Å². The molecule has 0 aromatic rings. The molecule has 0 saturated carbocycles. The van der Waals surface area contributed by atoms with E-state index in [4.69, 9.17) is 10.2 Å². The lowest BCUT2D eigenvalue weighted by molar-refractivity contribution is -0.121. The third-order valence-electron chi connectivity index (χ3n) is 1.69. The van der Waals surface area contributed by atoms with Gasteiger partial charge in [-0.25, -0.2) is 0 Å². The normalized spacial score (nSPS) is 11.7. The van der Waals surface area contributed by atoms with Crippen LogP contribution in [0.4, 0.5) is 0 Å². The largest absolute Gasteiger partial charge is 0.394 e. The van der Waals surface area contributed by atoms with Crippen LogP contribution < -0.4 is 5.32 Å². The highest BCUT2D eigenvalue weighted by molar-refractivity contribution is 5.75. The maximum atomic E-state index is 11.1. The lowest BCUT2D eigenvalue weighted by Crippen LogP contribution is -2.33. The van der Waals surface area contributed by atoms with E-state index in [2.05, 4.69) is 19.2 Å². The number of carbonyl (C=O) groups excluding carboxylic acids is 1. The number of hydrogen-bond acceptors (Lipinski definition) is 3. The molecular weight excluding hydrogens is 194 g/mol. The molecule has 92 valence electrons. The molecule has 1 amide bonds. The van der Waals surface area contributed by atoms with Gasteiger partial charge in [-0.3, -0.25) is 4.79 Å². The van der Waals surface area contributed by atoms with Gasteiger partial charge >= 0.3 is 0 Å². The minimum atomic E-state index is -0.844. The van der Waals surface area contributed by atoms with Gasteiger partial charge < -0.3 is 15.5 Å². The Hall–Kier alpha value is -0.610. The van der Waals surface area contributed by atoms with Crippen molar-refractivity contribution in [1.82, 2.24) is 5.32 Å². The second kappa shape index (κ2) is 11.5. The van der Waals surface area contributed by atoms with E-state index in [1.807, 2.05) is 13.8 Å². The summed E-state index contributed by atoms with van der Waals surface area (Å²) in [6.07, 6.45) is 0.486. The highest BCUT2D eigenvalue weighted by Crippen LogP contribution is 2.02. The molecule has 0 spiro atoms. The molecule has 0 aliphatic heterocycles. The van der Waals surface area contributed by atoms with Crippen molar-refractivity contribution in [3.63, 3.8) is 0 Å². The number of nitrogens with one attached hydrogen (secondary N) is 1. The monoisotopic (exact) mass is 219 g/mol. The Kier molecular flexibility index (Phi) is 12.8. The van der Waals surface area contributed by atoms with Gasteiger partial charge in [0, 0.05) is 13.0 Å². The number of carbonyl (C=O) groups is 1. The van der Waals surface area contributed by atoms with Crippen molar-refractivity contribution in [3.05, 3.63) is 0 Å². The van der Waals surface area contributed by atoms with E-state index in [9.17, 15) is 4.79 Å². The SMILES string of the molecule is CC.CC(C)CCC(=O)NCC(O)CO. The minimum Gasteiger partial charge on any atom is -0.394 e. The summed E-state index contributed by atoms with van der Waals surface area (Å²) in [7, 11) is 0. The maximum Gasteiger partial charge on any atom is 0.220 e. The van der Waals surface area contributed by atoms with Crippen LogP contribution in [0.1, 0.15) is 40.5 Å². The standard InChI is InChI=1S/C9H19NO3.C2H6/c1-7(2)3-4-9(13)10-5-8(12)6-11;1-2/h7-8,11-12H,3-6H2,1-2H3,(H,10,13);1-2H3. The molecule has 0 rings (SSSR count). The van der Waals surface area contributed by atoms with Crippen molar-refractivity contribution >= 4 is 5.91 Å². The molecule has 0 fully saturated rings. The van der Waals surface area contributed by atoms with Gasteiger partial charge in [0.05, 0.1) is 12.7 Å². The second-order valence-corrected chi connectivity index (χ2v) is 3.57. The van der Waals surface area contributed by atoms with E-state index < -0.39 is 6.10 Å². The molecule has 0 aliphatic carbocycles. The first-order valence-electron chi connectivity index (χ1n) is 5.62. The minimum absolute atomic E-state index is 0.0683. The molecule has 4 heteroatoms. The van der Waals surface area contributed by atoms with Gasteiger partial charge in [-0.2, -0.15) is 0 Å². The Bertz CT molecular complexity index is 149. The van der Waals surface area contributed by atoms with Gasteiger partial charge in [-0.1, -0.05) is 27.7 Å². The number of aliphatic hydroxyl groups is 2. The molecule has 0 saturated heterocycles. The van der Waals surface area contributed by atoms with Crippen molar-refractivity contribution in [2.45, 2.75) is 46.6 Å². The van der Waals surface area contributed by atoms with Crippen molar-refractivity contribution in [1.29, 1.82) is 0 Å². The summed E-state index contributed by atoms with van der Waals surface area (Å²) < 4.78 is 0. The van der Waals surface area contributed by atoms with Crippen LogP contribution in [-0.4, -0.2) is 35.4 Å². The van der Waals surface area contributed by atoms with Crippen LogP contribution in [0.25, 0.3) is 0 Å². The van der Waals surface area contributed by atoms with Crippen LogP contribution in [-0.2, 0) is 4.79 Å². The zero-order chi connectivity index (χ0) is 12.3. The van der Waals surface area contributed by atoms with Gasteiger partial charge in [0.15, 0.2) is 0 Å². The molecule has 0 radical (unpaired) electrons. The summed E-state index contributed by atoms with van der Waals surface area (Å²) in [5.41, 5.74) is 0. The number of hydrogen-bond donors (Lipinski definition) is 3. The maximum absolute atomic E-state index is 11.1. The number of aliphatic hydroxyl groups excluding tert-OH is 2. The van der Waals surface area contributed by atoms with Gasteiger partial charge in [-0.05, 0) is 12.3 Å². The highest BCUT2D eigenvalue weighted by Gasteiger charge is 2.06. The van der Waals surface area contributed by atoms with Crippen molar-refractivity contribution < 1.29 is 15.0 Å². The molecule has 0 aromatic carbocycles. The lowest BCUT2D eigenvalue weighted by atomic mass is 10.1. The fourth-order valence-electron chi connectivity index (χ4n) is 0.804. The van der Waals surface area contributed by atoms with Crippen LogP contribution in [0.5, 0.6) is 0 Å². The van der Waals surface area contributed by atoms with E-state index in [1.54, 1.807) is 0 Å². The Morgan fingerprint density at radius 2 is 1.87 bits per heavy atom. The van der Waals surface area contributed by atoms with Crippen LogP contribution in [0.3, 0.4) is 0 Å². The molecule has 4 nitrogen and oxygen atoms in total. The summed E-state index contributed by atoms with van der Waals surface area (Å²) in [6.45, 7) is 7.92. The average molecular weight is 219 g/mol. The summed E-state index contributed by atoms with van der Waals surface area (Å²) in [5, 5.41) is 19.9. The topological polar surface area (TPSA) is 69.6 Å². The van der Waals surface area contributed by atoms with Gasteiger partial charge in [0.25, 0.3) is 0 Å². The third kappa shape index (κ3) is 13.4. The second-order valence-electron chi connectivity index (χ2n) is 3.57. The van der Waals surface area contributed by atoms with Gasteiger partial charge in [-0.15, -0.1) is 0 Å². The number of amides is 1. The average Bonchev–Trinajstić information content (AvgIpc) is 2.25. The van der Waals surface area contributed by atoms with Crippen molar-refractivity contribution in [3.8, 4) is 0 Å². The molecule has 15 heavy (non-hydrogen) atoms. The molecule has 1 atom stereocenters. The first-order valence-corrected chi connectivity index (χ1v) is 5.62. The van der Waals surface area contributed by atoms with Crippen molar-refractivity contribution in [2.24, 2.45) is 5.92 Å². The summed E-state index contributed by atoms with van der Waals surface area (Å²) in [6, 6.07) is 0. The molecule has 3 N–H and O–H groups in total. The Morgan fingerprint density at radius 3 is 2.27 bits per heavy atom. The zero-order valence-corrected chi connectivity index (χ0v) is 10.3. The van der Waals surface area contributed by atoms with Gasteiger partial charge in [0.2, 0.25) is 5.91 Å². The zero-order valence-electron chi connectivity index (χ0n) is 10.3. The number of rotatable bonds is 6. The predicted molar refractivity (Wildman–Crippen MR) is 61.5 cm³/mol. The molecule has 0 aliphatic rings. The first kappa shape index (κ1) is 16.8. The molecule has 0 aromatic heterocycles. The van der Waals surface area contributed by atoms with Gasteiger partial charge in [0.1, 0.15) is 0 Å². The smallest absolute Gasteiger partial charge is 0.220 e. The summed E-state index contributed by atoms with van der Waals surface area (Å²) >= 11 is 0. The van der Waals surface area contributed by atoms with Crippen LogP contribution >= 0.6 is 0 Å². The summed E-state index contributed by atoms with van der Waals surface area (Å²) in [5.74, 6) is 0.440. The fourth-order valence-corrected chi connectivity index (χ4v) is 0.804. The van der Waals surface area contributed by atoms with Crippen LogP contribution in [0.15, 0.2) is 0 Å². The first-order chi connectivity index (χ1) is 7.06. The van der Waals surface area contributed by atoms with E-state index >= 15 is 0 Å². The fraction of sp³-hybridized carbons (Fsp3) is 0.909.